The Balaban J connectivity index is 1.91. The molecule has 0 aliphatic carbocycles. The number of benzene rings is 2. The Bertz CT molecular complexity index is 669. The van der Waals surface area contributed by atoms with Crippen molar-refractivity contribution in [2.75, 3.05) is 26.3 Å². The predicted octanol–water partition coefficient (Wildman–Crippen LogP) is 3.87. The summed E-state index contributed by atoms with van der Waals surface area (Å²) in [4.78, 5) is 2.39. The van der Waals surface area contributed by atoms with Gasteiger partial charge in [-0.1, -0.05) is 58.1 Å². The maximum atomic E-state index is 5.47. The van der Waals surface area contributed by atoms with E-state index in [1.807, 2.05) is 36.4 Å². The van der Waals surface area contributed by atoms with Crippen LogP contribution in [-0.4, -0.2) is 31.2 Å². The third kappa shape index (κ3) is 3.98. The van der Waals surface area contributed by atoms with Crippen molar-refractivity contribution in [3.63, 3.8) is 0 Å². The lowest BCUT2D eigenvalue weighted by Crippen LogP contribution is -2.38. The molecule has 1 unspecified atom stereocenters. The van der Waals surface area contributed by atoms with Crippen LogP contribution in [0.4, 0.5) is 0 Å². The molecule has 22 heavy (non-hydrogen) atoms. The van der Waals surface area contributed by atoms with Crippen molar-refractivity contribution >= 4 is 15.9 Å². The molecule has 1 heterocycles. The summed E-state index contributed by atoms with van der Waals surface area (Å²) in [6.45, 7) is 3.39. The lowest BCUT2D eigenvalue weighted by Gasteiger charge is -2.31. The summed E-state index contributed by atoms with van der Waals surface area (Å²) in [5.74, 6) is 6.76. The van der Waals surface area contributed by atoms with Crippen molar-refractivity contribution in [1.82, 2.24) is 4.90 Å². The van der Waals surface area contributed by atoms with Crippen LogP contribution in [0.5, 0.6) is 0 Å². The molecule has 0 bridgehead atoms. The largest absolute Gasteiger partial charge is 0.379 e. The molecule has 2 aromatic rings. The highest BCUT2D eigenvalue weighted by molar-refractivity contribution is 9.10. The molecular formula is C19H18BrNO. The summed E-state index contributed by atoms with van der Waals surface area (Å²) in [5, 5.41) is 0. The van der Waals surface area contributed by atoms with E-state index in [-0.39, 0.29) is 6.04 Å². The fraction of sp³-hybridized carbons (Fsp3) is 0.263. The molecule has 112 valence electrons. The smallest absolute Gasteiger partial charge is 0.0976 e. The molecule has 1 aliphatic rings. The number of morpholine rings is 1. The molecule has 1 saturated heterocycles. The van der Waals surface area contributed by atoms with Crippen LogP contribution < -0.4 is 0 Å². The minimum Gasteiger partial charge on any atom is -0.379 e. The first-order valence-corrected chi connectivity index (χ1v) is 8.26. The van der Waals surface area contributed by atoms with Crippen molar-refractivity contribution in [3.05, 3.63) is 70.2 Å². The fourth-order valence-corrected chi connectivity index (χ4v) is 2.99. The van der Waals surface area contributed by atoms with E-state index in [0.29, 0.717) is 0 Å². The van der Waals surface area contributed by atoms with E-state index in [0.717, 1.165) is 36.3 Å². The third-order valence-electron chi connectivity index (χ3n) is 3.70. The van der Waals surface area contributed by atoms with Gasteiger partial charge in [0, 0.05) is 23.1 Å². The number of ether oxygens (including phenoxy) is 1. The van der Waals surface area contributed by atoms with Gasteiger partial charge in [0.2, 0.25) is 0 Å². The summed E-state index contributed by atoms with van der Waals surface area (Å²) in [6, 6.07) is 18.7. The summed E-state index contributed by atoms with van der Waals surface area (Å²) in [7, 11) is 0. The first kappa shape index (κ1) is 15.3. The molecule has 0 N–H and O–H groups in total. The topological polar surface area (TPSA) is 12.5 Å². The first-order valence-electron chi connectivity index (χ1n) is 7.47. The Morgan fingerprint density at radius 3 is 2.50 bits per heavy atom. The molecule has 0 saturated carbocycles. The van der Waals surface area contributed by atoms with E-state index in [1.54, 1.807) is 0 Å². The second-order valence-electron chi connectivity index (χ2n) is 5.24. The second-order valence-corrected chi connectivity index (χ2v) is 6.16. The quantitative estimate of drug-likeness (QED) is 0.758. The number of nitrogens with zero attached hydrogens (tertiary/aromatic N) is 1. The van der Waals surface area contributed by atoms with E-state index in [1.165, 1.54) is 5.56 Å². The zero-order chi connectivity index (χ0) is 15.2. The number of hydrogen-bond acceptors (Lipinski definition) is 2. The van der Waals surface area contributed by atoms with Crippen LogP contribution in [0.3, 0.4) is 0 Å². The monoisotopic (exact) mass is 355 g/mol. The Morgan fingerprint density at radius 1 is 1.00 bits per heavy atom. The standard InChI is InChI=1S/C19H18BrNO/c20-18-8-4-7-17(15-18)19(21-11-13-22-14-12-21)10-9-16-5-2-1-3-6-16/h1-8,15,19H,11-14H2. The van der Waals surface area contributed by atoms with Crippen molar-refractivity contribution in [2.24, 2.45) is 0 Å². The number of rotatable bonds is 2. The molecular weight excluding hydrogens is 338 g/mol. The first-order chi connectivity index (χ1) is 10.8. The van der Waals surface area contributed by atoms with Crippen molar-refractivity contribution < 1.29 is 4.74 Å². The van der Waals surface area contributed by atoms with E-state index < -0.39 is 0 Å². The third-order valence-corrected chi connectivity index (χ3v) is 4.20. The fourth-order valence-electron chi connectivity index (χ4n) is 2.57. The van der Waals surface area contributed by atoms with Gasteiger partial charge < -0.3 is 4.74 Å². The van der Waals surface area contributed by atoms with E-state index >= 15 is 0 Å². The van der Waals surface area contributed by atoms with Gasteiger partial charge in [0.25, 0.3) is 0 Å². The van der Waals surface area contributed by atoms with Crippen LogP contribution in [0.25, 0.3) is 0 Å². The molecule has 0 spiro atoms. The lowest BCUT2D eigenvalue weighted by atomic mass is 10.0. The maximum Gasteiger partial charge on any atom is 0.0976 e. The zero-order valence-electron chi connectivity index (χ0n) is 12.3. The summed E-state index contributed by atoms with van der Waals surface area (Å²) >= 11 is 3.56. The molecule has 1 fully saturated rings. The number of hydrogen-bond donors (Lipinski definition) is 0. The van der Waals surface area contributed by atoms with Crippen LogP contribution in [0, 0.1) is 11.8 Å². The Hall–Kier alpha value is -1.60. The summed E-state index contributed by atoms with van der Waals surface area (Å²) in [6.07, 6.45) is 0. The van der Waals surface area contributed by atoms with Crippen molar-refractivity contribution in [3.8, 4) is 11.8 Å². The molecule has 3 heteroatoms. The average Bonchev–Trinajstić information content (AvgIpc) is 2.57. The highest BCUT2D eigenvalue weighted by Crippen LogP contribution is 2.24. The van der Waals surface area contributed by atoms with E-state index in [2.05, 4.69) is 50.9 Å². The maximum absolute atomic E-state index is 5.47. The van der Waals surface area contributed by atoms with Crippen molar-refractivity contribution in [2.45, 2.75) is 6.04 Å². The van der Waals surface area contributed by atoms with Gasteiger partial charge in [-0.25, -0.2) is 0 Å². The van der Waals surface area contributed by atoms with Gasteiger partial charge in [0.1, 0.15) is 0 Å². The lowest BCUT2D eigenvalue weighted by molar-refractivity contribution is 0.0270. The highest BCUT2D eigenvalue weighted by atomic mass is 79.9. The molecule has 3 rings (SSSR count). The van der Waals surface area contributed by atoms with Gasteiger partial charge in [0.15, 0.2) is 0 Å². The minimum atomic E-state index is 0.0987. The highest BCUT2D eigenvalue weighted by Gasteiger charge is 2.20. The molecule has 1 aliphatic heterocycles. The van der Waals surface area contributed by atoms with Crippen molar-refractivity contribution in [1.29, 1.82) is 0 Å². The second kappa shape index (κ2) is 7.60. The summed E-state index contributed by atoms with van der Waals surface area (Å²) < 4.78 is 6.56. The number of halogens is 1. The van der Waals surface area contributed by atoms with Crippen LogP contribution in [0.1, 0.15) is 17.2 Å². The van der Waals surface area contributed by atoms with Gasteiger partial charge in [-0.3, -0.25) is 4.90 Å². The average molecular weight is 356 g/mol. The molecule has 2 aromatic carbocycles. The Kier molecular flexibility index (Phi) is 5.29. The molecule has 0 amide bonds. The normalized spacial score (nSPS) is 16.6. The molecule has 1 atom stereocenters. The molecule has 0 radical (unpaired) electrons. The van der Waals surface area contributed by atoms with Gasteiger partial charge in [-0.05, 0) is 29.8 Å². The van der Waals surface area contributed by atoms with Crippen LogP contribution in [0.2, 0.25) is 0 Å². The van der Waals surface area contributed by atoms with E-state index in [9.17, 15) is 0 Å². The molecule has 0 aromatic heterocycles. The van der Waals surface area contributed by atoms with Gasteiger partial charge in [0.05, 0.1) is 19.3 Å². The SMILES string of the molecule is Brc1cccc(C(C#Cc2ccccc2)N2CCOCC2)c1. The van der Waals surface area contributed by atoms with E-state index in [4.69, 9.17) is 4.74 Å². The zero-order valence-corrected chi connectivity index (χ0v) is 13.9. The Morgan fingerprint density at radius 2 is 1.77 bits per heavy atom. The van der Waals surface area contributed by atoms with Gasteiger partial charge in [-0.2, -0.15) is 0 Å². The minimum absolute atomic E-state index is 0.0987. The predicted molar refractivity (Wildman–Crippen MR) is 92.6 cm³/mol. The molecule has 2 nitrogen and oxygen atoms in total. The van der Waals surface area contributed by atoms with Gasteiger partial charge in [-0.15, -0.1) is 0 Å². The summed E-state index contributed by atoms with van der Waals surface area (Å²) in [5.41, 5.74) is 2.27. The van der Waals surface area contributed by atoms with Crippen LogP contribution in [-0.2, 0) is 4.74 Å². The van der Waals surface area contributed by atoms with Crippen LogP contribution in [0.15, 0.2) is 59.1 Å². The van der Waals surface area contributed by atoms with Gasteiger partial charge >= 0.3 is 0 Å². The Labute approximate surface area is 140 Å². The van der Waals surface area contributed by atoms with Crippen LogP contribution >= 0.6 is 15.9 Å².